The van der Waals surface area contributed by atoms with E-state index in [0.29, 0.717) is 24.0 Å². The van der Waals surface area contributed by atoms with Gasteiger partial charge in [-0.05, 0) is 47.9 Å². The molecule has 0 aliphatic carbocycles. The van der Waals surface area contributed by atoms with Crippen LogP contribution >= 0.6 is 0 Å². The molecule has 3 aliphatic heterocycles. The molecular weight excluding hydrogens is 559 g/mol. The van der Waals surface area contributed by atoms with Crippen LogP contribution in [0.5, 0.6) is 0 Å². The van der Waals surface area contributed by atoms with E-state index in [1.165, 1.54) is 18.2 Å². The van der Waals surface area contributed by atoms with E-state index in [9.17, 15) is 17.6 Å². The Labute approximate surface area is 247 Å². The summed E-state index contributed by atoms with van der Waals surface area (Å²) in [5, 5.41) is 0.946. The van der Waals surface area contributed by atoms with Gasteiger partial charge in [-0.1, -0.05) is 36.4 Å². The van der Waals surface area contributed by atoms with Crippen molar-refractivity contribution < 1.29 is 31.2 Å². The third-order valence-corrected chi connectivity index (χ3v) is 9.19. The Morgan fingerprint density at radius 3 is 2.63 bits per heavy atom. The van der Waals surface area contributed by atoms with Gasteiger partial charge in [0, 0.05) is 47.5 Å². The number of hydrogen-bond donors (Lipinski definition) is 0. The molecule has 3 aliphatic rings. The van der Waals surface area contributed by atoms with Gasteiger partial charge in [0.1, 0.15) is 30.3 Å². The Kier molecular flexibility index (Phi) is 8.16. The smallest absolute Gasteiger partial charge is 0.194 e. The van der Waals surface area contributed by atoms with Crippen LogP contribution in [0.4, 0.5) is 22.0 Å². The first-order valence-corrected chi connectivity index (χ1v) is 14.5. The maximum Gasteiger partial charge on any atom is 0.194 e. The highest BCUT2D eigenvalue weighted by atomic mass is 19.2. The van der Waals surface area contributed by atoms with Gasteiger partial charge in [0.2, 0.25) is 0 Å². The van der Waals surface area contributed by atoms with E-state index in [4.69, 9.17) is 4.74 Å². The van der Waals surface area contributed by atoms with Crippen LogP contribution in [0.3, 0.4) is 0 Å². The highest BCUT2D eigenvalue weighted by molar-refractivity contribution is 5.82. The molecule has 7 rings (SSSR count). The van der Waals surface area contributed by atoms with E-state index in [1.807, 2.05) is 36.4 Å². The SMILES string of the molecule is C=CCO[C@H](c1ccnc2ccccc12)[C@@H]1C[C@@H]2CC[N@@+]1(Cc1ccc(F)c(F)c1F)C[C@@H]2/C=C/c1ccc(F)cc1F. The fraction of sp³-hybridized carbons (Fsp3) is 0.286. The first kappa shape index (κ1) is 29.2. The lowest BCUT2D eigenvalue weighted by molar-refractivity contribution is -0.985. The summed E-state index contributed by atoms with van der Waals surface area (Å²) in [7, 11) is 0. The molecule has 8 heteroatoms. The lowest BCUT2D eigenvalue weighted by Gasteiger charge is -2.58. The van der Waals surface area contributed by atoms with Crippen LogP contribution in [0, 0.1) is 40.9 Å². The Morgan fingerprint density at radius 1 is 0.977 bits per heavy atom. The number of rotatable bonds is 9. The van der Waals surface area contributed by atoms with E-state index >= 15 is 4.39 Å². The summed E-state index contributed by atoms with van der Waals surface area (Å²) < 4.78 is 78.3. The number of benzene rings is 3. The monoisotopic (exact) mass is 591 g/mol. The topological polar surface area (TPSA) is 22.1 Å². The zero-order chi connectivity index (χ0) is 30.1. The Balaban J connectivity index is 1.43. The van der Waals surface area contributed by atoms with Crippen molar-refractivity contribution in [3.8, 4) is 0 Å². The van der Waals surface area contributed by atoms with Crippen molar-refractivity contribution in [1.29, 1.82) is 0 Å². The standard InChI is InChI=1S/C35H32F5N2O/c1-2-17-43-35(28-13-15-41-31-6-4-3-5-27(28)31)32-18-23-14-16-42(32,21-25-10-12-29(37)34(40)33(25)39)20-24(23)8-7-22-9-11-26(36)19-30(22)38/h2-13,15,19,23-24,32,35H,1,14,16-18,20-21H2/q+1/b8-7+/t23-,24-,32-,35+,42-/m0/s1. The number of piperidine rings is 3. The van der Waals surface area contributed by atoms with Crippen LogP contribution in [0.1, 0.15) is 35.6 Å². The van der Waals surface area contributed by atoms with Crippen molar-refractivity contribution in [2.45, 2.75) is 31.5 Å². The van der Waals surface area contributed by atoms with E-state index in [0.717, 1.165) is 35.0 Å². The molecule has 0 amide bonds. The number of hydrogen-bond acceptors (Lipinski definition) is 2. The van der Waals surface area contributed by atoms with Crippen LogP contribution in [0.2, 0.25) is 0 Å². The Morgan fingerprint density at radius 2 is 1.81 bits per heavy atom. The van der Waals surface area contributed by atoms with Crippen molar-refractivity contribution in [2.75, 3.05) is 19.7 Å². The Bertz CT molecular complexity index is 1690. The summed E-state index contributed by atoms with van der Waals surface area (Å²) in [5.74, 6) is -4.97. The summed E-state index contributed by atoms with van der Waals surface area (Å²) in [5.41, 5.74) is 2.15. The molecule has 1 aromatic heterocycles. The normalized spacial score (nSPS) is 24.1. The maximum atomic E-state index is 15.2. The molecule has 4 aromatic rings. The van der Waals surface area contributed by atoms with Gasteiger partial charge < -0.3 is 9.22 Å². The quantitative estimate of drug-likeness (QED) is 0.0846. The lowest BCUT2D eigenvalue weighted by atomic mass is 9.70. The minimum Gasteiger partial charge on any atom is -0.363 e. The van der Waals surface area contributed by atoms with Gasteiger partial charge >= 0.3 is 0 Å². The van der Waals surface area contributed by atoms with E-state index < -0.39 is 35.2 Å². The van der Waals surface area contributed by atoms with Crippen LogP contribution in [0.15, 0.2) is 85.6 Å². The number of quaternary nitrogens is 1. The third kappa shape index (κ3) is 5.61. The van der Waals surface area contributed by atoms with Crippen LogP contribution in [0.25, 0.3) is 17.0 Å². The second-order valence-corrected chi connectivity index (χ2v) is 11.6. The fourth-order valence-electron chi connectivity index (χ4n) is 7.15. The van der Waals surface area contributed by atoms with Crippen molar-refractivity contribution in [1.82, 2.24) is 4.98 Å². The summed E-state index contributed by atoms with van der Waals surface area (Å²) in [4.78, 5) is 4.52. The number of halogens is 5. The van der Waals surface area contributed by atoms with Gasteiger partial charge in [-0.3, -0.25) is 4.98 Å². The van der Waals surface area contributed by atoms with Crippen LogP contribution in [-0.2, 0) is 11.3 Å². The molecule has 0 unspecified atom stereocenters. The molecular formula is C35H32F5N2O+. The van der Waals surface area contributed by atoms with Gasteiger partial charge in [0.25, 0.3) is 0 Å². The molecule has 3 fully saturated rings. The van der Waals surface area contributed by atoms with Crippen molar-refractivity contribution in [3.63, 3.8) is 0 Å². The predicted molar refractivity (Wildman–Crippen MR) is 156 cm³/mol. The van der Waals surface area contributed by atoms with Gasteiger partial charge in [0.05, 0.1) is 25.2 Å². The van der Waals surface area contributed by atoms with Gasteiger partial charge in [-0.2, -0.15) is 0 Å². The third-order valence-electron chi connectivity index (χ3n) is 9.19. The number of para-hydroxylation sites is 1. The predicted octanol–water partition coefficient (Wildman–Crippen LogP) is 8.31. The van der Waals surface area contributed by atoms with Crippen LogP contribution < -0.4 is 0 Å². The minimum absolute atomic E-state index is 0.00273. The molecule has 4 heterocycles. The average molecular weight is 592 g/mol. The second kappa shape index (κ2) is 12.0. The molecule has 3 nitrogen and oxygen atoms in total. The van der Waals surface area contributed by atoms with Gasteiger partial charge in [0.15, 0.2) is 17.5 Å². The molecule has 3 saturated heterocycles. The Hall–Kier alpha value is -3.88. The average Bonchev–Trinajstić information content (AvgIpc) is 3.02. The lowest BCUT2D eigenvalue weighted by Crippen LogP contribution is -2.67. The largest absolute Gasteiger partial charge is 0.363 e. The molecule has 0 radical (unpaired) electrons. The van der Waals surface area contributed by atoms with Gasteiger partial charge in [-0.25, -0.2) is 22.0 Å². The summed E-state index contributed by atoms with van der Waals surface area (Å²) >= 11 is 0. The molecule has 0 N–H and O–H groups in total. The highest BCUT2D eigenvalue weighted by Gasteiger charge is 2.55. The molecule has 222 valence electrons. The molecule has 2 bridgehead atoms. The first-order valence-electron chi connectivity index (χ1n) is 14.5. The van der Waals surface area contributed by atoms with E-state index in [2.05, 4.69) is 11.6 Å². The van der Waals surface area contributed by atoms with Crippen molar-refractivity contribution in [2.24, 2.45) is 11.8 Å². The second-order valence-electron chi connectivity index (χ2n) is 11.6. The number of nitrogens with zero attached hydrogens (tertiary/aromatic N) is 2. The zero-order valence-corrected chi connectivity index (χ0v) is 23.5. The van der Waals surface area contributed by atoms with E-state index in [-0.39, 0.29) is 42.2 Å². The summed E-state index contributed by atoms with van der Waals surface area (Å²) in [6.07, 6.45) is 8.18. The number of aromatic nitrogens is 1. The fourth-order valence-corrected chi connectivity index (χ4v) is 7.15. The number of ether oxygens (including phenoxy) is 1. The summed E-state index contributed by atoms with van der Waals surface area (Å²) in [6.45, 7) is 5.50. The minimum atomic E-state index is -1.48. The van der Waals surface area contributed by atoms with Crippen molar-refractivity contribution >= 4 is 17.0 Å². The molecule has 5 atom stereocenters. The maximum absolute atomic E-state index is 15.2. The summed E-state index contributed by atoms with van der Waals surface area (Å²) in [6, 6.07) is 15.4. The van der Waals surface area contributed by atoms with Gasteiger partial charge in [-0.15, -0.1) is 6.58 Å². The van der Waals surface area contributed by atoms with E-state index in [1.54, 1.807) is 18.3 Å². The molecule has 0 saturated carbocycles. The molecule has 43 heavy (non-hydrogen) atoms. The number of fused-ring (bicyclic) bond motifs is 4. The zero-order valence-electron chi connectivity index (χ0n) is 23.5. The van der Waals surface area contributed by atoms with Crippen LogP contribution in [-0.4, -0.2) is 35.2 Å². The first-order chi connectivity index (χ1) is 20.8. The highest BCUT2D eigenvalue weighted by Crippen LogP contribution is 2.49. The molecule has 0 spiro atoms. The molecule has 3 aromatic carbocycles. The number of pyridine rings is 1. The van der Waals surface area contributed by atoms with Crippen molar-refractivity contribution in [3.05, 3.63) is 131 Å².